The second kappa shape index (κ2) is 7.82. The van der Waals surface area contributed by atoms with Crippen LogP contribution < -0.4 is 9.64 Å². The number of amides is 1. The van der Waals surface area contributed by atoms with Crippen LogP contribution in [0.2, 0.25) is 0 Å². The maximum atomic E-state index is 13.6. The fourth-order valence-electron chi connectivity index (χ4n) is 2.56. The number of ether oxygens (including phenoxy) is 2. The zero-order chi connectivity index (χ0) is 20.3. The molecule has 144 valence electrons. The molecule has 2 aromatic rings. The van der Waals surface area contributed by atoms with Crippen molar-refractivity contribution in [1.82, 2.24) is 0 Å². The Kier molecular flexibility index (Phi) is 5.30. The number of anilines is 1. The lowest BCUT2D eigenvalue weighted by molar-refractivity contribution is -0.384. The number of nitro benzene ring substituents is 1. The minimum Gasteiger partial charge on any atom is -0.482 e. The summed E-state index contributed by atoms with van der Waals surface area (Å²) in [6, 6.07) is 8.87. The number of halogens is 1. The number of non-ortho nitro benzene ring substituents is 1. The summed E-state index contributed by atoms with van der Waals surface area (Å²) in [6.07, 6.45) is 0. The molecule has 0 saturated carbocycles. The Morgan fingerprint density at radius 1 is 1.25 bits per heavy atom. The second-order valence-electron chi connectivity index (χ2n) is 5.74. The van der Waals surface area contributed by atoms with E-state index in [4.69, 9.17) is 9.47 Å². The molecule has 0 spiro atoms. The van der Waals surface area contributed by atoms with Crippen LogP contribution >= 0.6 is 0 Å². The number of ketones is 1. The van der Waals surface area contributed by atoms with Crippen molar-refractivity contribution in [3.8, 4) is 5.75 Å². The van der Waals surface area contributed by atoms with Crippen LogP contribution in [0.1, 0.15) is 10.4 Å². The first-order valence-electron chi connectivity index (χ1n) is 8.02. The lowest BCUT2D eigenvalue weighted by Gasteiger charge is -2.28. The van der Waals surface area contributed by atoms with Gasteiger partial charge in [0.25, 0.3) is 11.6 Å². The third kappa shape index (κ3) is 3.95. The second-order valence-corrected chi connectivity index (χ2v) is 5.74. The molecule has 28 heavy (non-hydrogen) atoms. The first kappa shape index (κ1) is 19.0. The van der Waals surface area contributed by atoms with Crippen molar-refractivity contribution >= 4 is 29.0 Å². The van der Waals surface area contributed by atoms with Gasteiger partial charge >= 0.3 is 5.97 Å². The van der Waals surface area contributed by atoms with Gasteiger partial charge in [0.05, 0.1) is 16.2 Å². The maximum Gasteiger partial charge on any atom is 0.326 e. The number of rotatable bonds is 6. The molecule has 9 nitrogen and oxygen atoms in total. The number of fused-ring (bicyclic) bond motifs is 1. The van der Waals surface area contributed by atoms with Crippen LogP contribution in [0.3, 0.4) is 0 Å². The highest BCUT2D eigenvalue weighted by Gasteiger charge is 2.30. The number of nitro groups is 1. The van der Waals surface area contributed by atoms with Crippen molar-refractivity contribution in [3.63, 3.8) is 0 Å². The van der Waals surface area contributed by atoms with Gasteiger partial charge in [-0.3, -0.25) is 29.4 Å². The average Bonchev–Trinajstić information content (AvgIpc) is 2.68. The number of hydrogen-bond acceptors (Lipinski definition) is 7. The van der Waals surface area contributed by atoms with Crippen LogP contribution in [0.5, 0.6) is 5.75 Å². The lowest BCUT2D eigenvalue weighted by Crippen LogP contribution is -2.42. The summed E-state index contributed by atoms with van der Waals surface area (Å²) < 4.78 is 23.6. The quantitative estimate of drug-likeness (QED) is 0.321. The fraction of sp³-hybridized carbons (Fsp3) is 0.167. The summed E-state index contributed by atoms with van der Waals surface area (Å²) in [7, 11) is 0. The van der Waals surface area contributed by atoms with Gasteiger partial charge < -0.3 is 9.47 Å². The van der Waals surface area contributed by atoms with Crippen molar-refractivity contribution in [1.29, 1.82) is 0 Å². The SMILES string of the molecule is O=C(CN1C(=O)COc2ccc([N+](=O)[O-])cc21)OCC(=O)c1ccccc1F. The molecular weight excluding hydrogens is 375 g/mol. The summed E-state index contributed by atoms with van der Waals surface area (Å²) in [5.41, 5.74) is -0.466. The monoisotopic (exact) mass is 388 g/mol. The molecule has 0 aromatic heterocycles. The van der Waals surface area contributed by atoms with Gasteiger partial charge in [0, 0.05) is 12.1 Å². The Morgan fingerprint density at radius 2 is 2.00 bits per heavy atom. The maximum absolute atomic E-state index is 13.6. The van der Waals surface area contributed by atoms with E-state index in [2.05, 4.69) is 0 Å². The molecule has 10 heteroatoms. The molecule has 1 amide bonds. The molecule has 3 rings (SSSR count). The summed E-state index contributed by atoms with van der Waals surface area (Å²) in [5, 5.41) is 10.9. The zero-order valence-corrected chi connectivity index (χ0v) is 14.3. The molecule has 2 aromatic carbocycles. The summed E-state index contributed by atoms with van der Waals surface area (Å²) in [5.74, 6) is -2.83. The summed E-state index contributed by atoms with van der Waals surface area (Å²) in [6.45, 7) is -1.65. The van der Waals surface area contributed by atoms with E-state index >= 15 is 0 Å². The van der Waals surface area contributed by atoms with E-state index in [1.54, 1.807) is 0 Å². The largest absolute Gasteiger partial charge is 0.482 e. The van der Waals surface area contributed by atoms with Gasteiger partial charge in [0.2, 0.25) is 5.78 Å². The zero-order valence-electron chi connectivity index (χ0n) is 14.3. The molecule has 0 unspecified atom stereocenters. The van der Waals surface area contributed by atoms with Crippen molar-refractivity contribution in [2.24, 2.45) is 0 Å². The van der Waals surface area contributed by atoms with Crippen molar-refractivity contribution in [3.05, 3.63) is 64.0 Å². The third-order valence-electron chi connectivity index (χ3n) is 3.92. The summed E-state index contributed by atoms with van der Waals surface area (Å²) in [4.78, 5) is 47.4. The van der Waals surface area contributed by atoms with E-state index < -0.39 is 41.6 Å². The molecule has 1 aliphatic heterocycles. The molecule has 0 atom stereocenters. The Bertz CT molecular complexity index is 976. The van der Waals surface area contributed by atoms with E-state index in [1.807, 2.05) is 0 Å². The number of nitrogens with zero attached hydrogens (tertiary/aromatic N) is 2. The van der Waals surface area contributed by atoms with E-state index in [0.717, 1.165) is 17.0 Å². The minimum atomic E-state index is -0.933. The van der Waals surface area contributed by atoms with Gasteiger partial charge in [-0.05, 0) is 18.2 Å². The normalized spacial score (nSPS) is 12.8. The van der Waals surface area contributed by atoms with Gasteiger partial charge in [-0.25, -0.2) is 4.39 Å². The first-order chi connectivity index (χ1) is 13.4. The van der Waals surface area contributed by atoms with Crippen LogP contribution in [-0.4, -0.2) is 42.3 Å². The highest BCUT2D eigenvalue weighted by atomic mass is 19.1. The minimum absolute atomic E-state index is 0.0443. The van der Waals surface area contributed by atoms with Crippen molar-refractivity contribution in [2.45, 2.75) is 0 Å². The molecule has 0 saturated heterocycles. The number of hydrogen-bond donors (Lipinski definition) is 0. The lowest BCUT2D eigenvalue weighted by atomic mass is 10.1. The Balaban J connectivity index is 1.69. The highest BCUT2D eigenvalue weighted by molar-refractivity contribution is 6.02. The topological polar surface area (TPSA) is 116 Å². The van der Waals surface area contributed by atoms with Gasteiger partial charge in [0.15, 0.2) is 13.2 Å². The molecule has 1 heterocycles. The predicted octanol–water partition coefficient (Wildman–Crippen LogP) is 1.89. The number of carbonyl (C=O) groups is 3. The van der Waals surface area contributed by atoms with Gasteiger partial charge in [-0.15, -0.1) is 0 Å². The van der Waals surface area contributed by atoms with Gasteiger partial charge in [0.1, 0.15) is 18.1 Å². The third-order valence-corrected chi connectivity index (χ3v) is 3.92. The smallest absolute Gasteiger partial charge is 0.326 e. The van der Waals surface area contributed by atoms with Crippen molar-refractivity contribution < 1.29 is 33.2 Å². The van der Waals surface area contributed by atoms with Crippen LogP contribution in [0.25, 0.3) is 0 Å². The molecular formula is C18H13FN2O7. The van der Waals surface area contributed by atoms with Gasteiger partial charge in [-0.1, -0.05) is 12.1 Å². The standard InChI is InChI=1S/C18H13FN2O7/c19-13-4-2-1-3-12(13)15(22)9-28-18(24)8-20-14-7-11(21(25)26)5-6-16(14)27-10-17(20)23/h1-7H,8-10H2. The fourth-order valence-corrected chi connectivity index (χ4v) is 2.56. The molecule has 1 aliphatic rings. The van der Waals surface area contributed by atoms with E-state index in [0.29, 0.717) is 0 Å². The number of Topliss-reactive ketones (excluding diaryl/α,β-unsaturated/α-hetero) is 1. The number of carbonyl (C=O) groups excluding carboxylic acids is 3. The van der Waals surface area contributed by atoms with Crippen molar-refractivity contribution in [2.75, 3.05) is 24.7 Å². The number of esters is 1. The Labute approximate surface area is 157 Å². The summed E-state index contributed by atoms with van der Waals surface area (Å²) >= 11 is 0. The van der Waals surface area contributed by atoms with Crippen LogP contribution in [0.15, 0.2) is 42.5 Å². The Morgan fingerprint density at radius 3 is 2.71 bits per heavy atom. The average molecular weight is 388 g/mol. The molecule has 0 radical (unpaired) electrons. The first-order valence-corrected chi connectivity index (χ1v) is 8.02. The van der Waals surface area contributed by atoms with E-state index in [1.165, 1.54) is 30.3 Å². The number of benzene rings is 2. The predicted molar refractivity (Wildman–Crippen MR) is 92.6 cm³/mol. The Hall–Kier alpha value is -3.82. The highest BCUT2D eigenvalue weighted by Crippen LogP contribution is 2.35. The van der Waals surface area contributed by atoms with Crippen LogP contribution in [0, 0.1) is 15.9 Å². The molecule has 0 aliphatic carbocycles. The molecule has 0 fully saturated rings. The van der Waals surface area contributed by atoms with Crippen LogP contribution in [0.4, 0.5) is 15.8 Å². The molecule has 0 bridgehead atoms. The molecule has 0 N–H and O–H groups in total. The van der Waals surface area contributed by atoms with Gasteiger partial charge in [-0.2, -0.15) is 0 Å². The van der Waals surface area contributed by atoms with Crippen LogP contribution in [-0.2, 0) is 14.3 Å². The van der Waals surface area contributed by atoms with E-state index in [-0.39, 0.29) is 29.3 Å². The van der Waals surface area contributed by atoms with E-state index in [9.17, 15) is 28.9 Å².